The van der Waals surface area contributed by atoms with E-state index in [2.05, 4.69) is 24.1 Å². The Bertz CT molecular complexity index is 232. The predicted molar refractivity (Wildman–Crippen MR) is 53.3 cm³/mol. The molecule has 1 rings (SSSR count). The first-order valence-corrected chi connectivity index (χ1v) is 4.98. The van der Waals surface area contributed by atoms with Gasteiger partial charge in [0.1, 0.15) is 0 Å². The Kier molecular flexibility index (Phi) is 3.49. The highest BCUT2D eigenvalue weighted by molar-refractivity contribution is 7.13. The quantitative estimate of drug-likeness (QED) is 0.750. The molecule has 3 N–H and O–H groups in total. The van der Waals surface area contributed by atoms with Crippen LogP contribution in [0.5, 0.6) is 0 Å². The van der Waals surface area contributed by atoms with Gasteiger partial charge in [0.2, 0.25) is 0 Å². The van der Waals surface area contributed by atoms with Gasteiger partial charge in [-0.2, -0.15) is 0 Å². The van der Waals surface area contributed by atoms with Crippen LogP contribution in [0.2, 0.25) is 0 Å². The van der Waals surface area contributed by atoms with E-state index in [4.69, 9.17) is 5.73 Å². The largest absolute Gasteiger partial charge is 0.361 e. The molecule has 0 aliphatic carbocycles. The van der Waals surface area contributed by atoms with Gasteiger partial charge in [0.05, 0.1) is 5.69 Å². The molecule has 0 atom stereocenters. The summed E-state index contributed by atoms with van der Waals surface area (Å²) in [7, 11) is 0. The fourth-order valence-corrected chi connectivity index (χ4v) is 1.51. The van der Waals surface area contributed by atoms with Crippen molar-refractivity contribution in [3.8, 4) is 0 Å². The Morgan fingerprint density at radius 1 is 1.67 bits per heavy atom. The first kappa shape index (κ1) is 9.48. The molecule has 68 valence electrons. The van der Waals surface area contributed by atoms with Gasteiger partial charge in [0.15, 0.2) is 5.13 Å². The predicted octanol–water partition coefficient (Wildman–Crippen LogP) is 1.67. The molecule has 1 aromatic rings. The van der Waals surface area contributed by atoms with Crippen molar-refractivity contribution in [2.24, 2.45) is 11.7 Å². The fourth-order valence-electron chi connectivity index (χ4n) is 0.773. The van der Waals surface area contributed by atoms with E-state index >= 15 is 0 Å². The van der Waals surface area contributed by atoms with Crippen molar-refractivity contribution in [1.82, 2.24) is 4.98 Å². The first-order valence-electron chi connectivity index (χ1n) is 4.10. The molecular formula is C8H15N3S. The summed E-state index contributed by atoms with van der Waals surface area (Å²) in [4.78, 5) is 4.28. The molecule has 0 saturated carbocycles. The Balaban J connectivity index is 2.41. The van der Waals surface area contributed by atoms with E-state index in [1.54, 1.807) is 11.3 Å². The lowest BCUT2D eigenvalue weighted by atomic mass is 10.2. The van der Waals surface area contributed by atoms with E-state index in [0.29, 0.717) is 12.5 Å². The van der Waals surface area contributed by atoms with Crippen LogP contribution >= 0.6 is 11.3 Å². The third-order valence-corrected chi connectivity index (χ3v) is 2.27. The maximum absolute atomic E-state index is 5.44. The summed E-state index contributed by atoms with van der Waals surface area (Å²) >= 11 is 1.61. The molecule has 0 bridgehead atoms. The normalized spacial score (nSPS) is 10.7. The van der Waals surface area contributed by atoms with Crippen molar-refractivity contribution in [3.05, 3.63) is 11.1 Å². The average Bonchev–Trinajstić information content (AvgIpc) is 2.48. The van der Waals surface area contributed by atoms with E-state index in [9.17, 15) is 0 Å². The van der Waals surface area contributed by atoms with Crippen LogP contribution in [-0.2, 0) is 6.54 Å². The maximum atomic E-state index is 5.44. The number of nitrogens with one attached hydrogen (secondary N) is 1. The van der Waals surface area contributed by atoms with E-state index in [-0.39, 0.29) is 0 Å². The zero-order valence-corrected chi connectivity index (χ0v) is 8.32. The van der Waals surface area contributed by atoms with E-state index in [1.807, 2.05) is 5.38 Å². The summed E-state index contributed by atoms with van der Waals surface area (Å²) in [6, 6.07) is 0. The Morgan fingerprint density at radius 2 is 2.42 bits per heavy atom. The van der Waals surface area contributed by atoms with Gasteiger partial charge in [-0.05, 0) is 5.92 Å². The minimum absolute atomic E-state index is 0.528. The number of nitrogens with two attached hydrogens (primary N) is 1. The molecule has 0 fully saturated rings. The first-order chi connectivity index (χ1) is 5.72. The van der Waals surface area contributed by atoms with Crippen LogP contribution in [0.25, 0.3) is 0 Å². The van der Waals surface area contributed by atoms with Gasteiger partial charge in [-0.1, -0.05) is 13.8 Å². The SMILES string of the molecule is CC(C)CNc1nc(CN)cs1. The highest BCUT2D eigenvalue weighted by atomic mass is 32.1. The molecule has 12 heavy (non-hydrogen) atoms. The van der Waals surface area contributed by atoms with E-state index in [0.717, 1.165) is 17.4 Å². The van der Waals surface area contributed by atoms with Gasteiger partial charge < -0.3 is 11.1 Å². The molecule has 0 amide bonds. The van der Waals surface area contributed by atoms with Crippen LogP contribution in [0.1, 0.15) is 19.5 Å². The standard InChI is InChI=1S/C8H15N3S/c1-6(2)4-10-8-11-7(3-9)5-12-8/h5-6H,3-4,9H2,1-2H3,(H,10,11). The van der Waals surface area contributed by atoms with Crippen molar-refractivity contribution in [2.45, 2.75) is 20.4 Å². The van der Waals surface area contributed by atoms with Crippen molar-refractivity contribution in [2.75, 3.05) is 11.9 Å². The second kappa shape index (κ2) is 4.42. The lowest BCUT2D eigenvalue weighted by molar-refractivity contribution is 0.688. The van der Waals surface area contributed by atoms with Gasteiger partial charge in [-0.15, -0.1) is 11.3 Å². The molecule has 0 aliphatic rings. The number of hydrogen-bond donors (Lipinski definition) is 2. The Morgan fingerprint density at radius 3 is 2.92 bits per heavy atom. The summed E-state index contributed by atoms with van der Waals surface area (Å²) in [5.41, 5.74) is 6.40. The van der Waals surface area contributed by atoms with Gasteiger partial charge in [-0.3, -0.25) is 0 Å². The van der Waals surface area contributed by atoms with Gasteiger partial charge >= 0.3 is 0 Å². The highest BCUT2D eigenvalue weighted by Crippen LogP contribution is 2.14. The number of hydrogen-bond acceptors (Lipinski definition) is 4. The number of thiazole rings is 1. The monoisotopic (exact) mass is 185 g/mol. The van der Waals surface area contributed by atoms with Crippen molar-refractivity contribution in [1.29, 1.82) is 0 Å². The van der Waals surface area contributed by atoms with Gasteiger partial charge in [0.25, 0.3) is 0 Å². The number of anilines is 1. The minimum atomic E-state index is 0.528. The van der Waals surface area contributed by atoms with Crippen LogP contribution < -0.4 is 11.1 Å². The summed E-state index contributed by atoms with van der Waals surface area (Å²) in [5, 5.41) is 6.22. The molecule has 0 aromatic carbocycles. The fraction of sp³-hybridized carbons (Fsp3) is 0.625. The van der Waals surface area contributed by atoms with Crippen LogP contribution in [0.15, 0.2) is 5.38 Å². The maximum Gasteiger partial charge on any atom is 0.182 e. The van der Waals surface area contributed by atoms with Crippen LogP contribution in [0.3, 0.4) is 0 Å². The molecule has 0 aliphatic heterocycles. The lowest BCUT2D eigenvalue weighted by Gasteiger charge is -2.04. The van der Waals surface area contributed by atoms with E-state index in [1.165, 1.54) is 0 Å². The average molecular weight is 185 g/mol. The number of aromatic nitrogens is 1. The lowest BCUT2D eigenvalue weighted by Crippen LogP contribution is -2.07. The molecule has 0 radical (unpaired) electrons. The summed E-state index contributed by atoms with van der Waals surface area (Å²) in [6.07, 6.45) is 0. The van der Waals surface area contributed by atoms with Crippen molar-refractivity contribution >= 4 is 16.5 Å². The Labute approximate surface area is 77.0 Å². The second-order valence-electron chi connectivity index (χ2n) is 3.12. The third-order valence-electron chi connectivity index (χ3n) is 1.42. The molecule has 1 aromatic heterocycles. The number of rotatable bonds is 4. The highest BCUT2D eigenvalue weighted by Gasteiger charge is 1.99. The molecular weight excluding hydrogens is 170 g/mol. The summed E-state index contributed by atoms with van der Waals surface area (Å²) in [6.45, 7) is 5.84. The van der Waals surface area contributed by atoms with Gasteiger partial charge in [0, 0.05) is 18.5 Å². The Hall–Kier alpha value is -0.610. The minimum Gasteiger partial charge on any atom is -0.361 e. The smallest absolute Gasteiger partial charge is 0.182 e. The third kappa shape index (κ3) is 2.79. The topological polar surface area (TPSA) is 50.9 Å². The van der Waals surface area contributed by atoms with Crippen LogP contribution in [-0.4, -0.2) is 11.5 Å². The van der Waals surface area contributed by atoms with Crippen LogP contribution in [0.4, 0.5) is 5.13 Å². The zero-order chi connectivity index (χ0) is 8.97. The molecule has 1 heterocycles. The molecule has 0 spiro atoms. The molecule has 0 saturated heterocycles. The summed E-state index contributed by atoms with van der Waals surface area (Å²) < 4.78 is 0. The zero-order valence-electron chi connectivity index (χ0n) is 7.50. The van der Waals surface area contributed by atoms with Crippen molar-refractivity contribution in [3.63, 3.8) is 0 Å². The van der Waals surface area contributed by atoms with Crippen LogP contribution in [0, 0.1) is 5.92 Å². The van der Waals surface area contributed by atoms with E-state index < -0.39 is 0 Å². The summed E-state index contributed by atoms with van der Waals surface area (Å²) in [5.74, 6) is 0.648. The molecule has 0 unspecified atom stereocenters. The molecule has 3 nitrogen and oxygen atoms in total. The second-order valence-corrected chi connectivity index (χ2v) is 3.98. The number of nitrogens with zero attached hydrogens (tertiary/aromatic N) is 1. The van der Waals surface area contributed by atoms with Gasteiger partial charge in [-0.25, -0.2) is 4.98 Å². The molecule has 4 heteroatoms. The van der Waals surface area contributed by atoms with Crippen molar-refractivity contribution < 1.29 is 0 Å².